The van der Waals surface area contributed by atoms with Gasteiger partial charge >= 0.3 is 13.1 Å². The van der Waals surface area contributed by atoms with Crippen molar-refractivity contribution in [1.29, 1.82) is 0 Å². The molecule has 2 aromatic rings. The maximum Gasteiger partial charge on any atom is 0.492 e. The minimum Gasteiger partial charge on any atom is -0.481 e. The molecular weight excluding hydrogens is 271 g/mol. The summed E-state index contributed by atoms with van der Waals surface area (Å²) in [6, 6.07) is 14.4. The molecule has 0 unspecified atom stereocenters. The predicted molar refractivity (Wildman–Crippen MR) is 76.6 cm³/mol. The molecule has 6 heteroatoms. The van der Waals surface area contributed by atoms with Crippen molar-refractivity contribution in [3.63, 3.8) is 0 Å². The standard InChI is InChI=1S/C15H13BO5/c17-15(18)9-14-12-7-6-11(8-13(12)16(19)21-14)20-10-4-2-1-3-5-10/h1-8,14,19H,9H2,(H,17,18)/t14-/m0/s1. The van der Waals surface area contributed by atoms with E-state index < -0.39 is 19.2 Å². The van der Waals surface area contributed by atoms with Gasteiger partial charge in [0.05, 0.1) is 12.5 Å². The molecule has 0 radical (unpaired) electrons. The zero-order chi connectivity index (χ0) is 14.8. The first kappa shape index (κ1) is 13.7. The number of hydrogen-bond acceptors (Lipinski definition) is 4. The number of hydrogen-bond donors (Lipinski definition) is 2. The van der Waals surface area contributed by atoms with Crippen molar-refractivity contribution >= 4 is 18.6 Å². The molecule has 0 spiro atoms. The molecule has 0 aliphatic carbocycles. The Bertz CT molecular complexity index is 658. The third kappa shape index (κ3) is 2.91. The smallest absolute Gasteiger partial charge is 0.481 e. The van der Waals surface area contributed by atoms with Crippen LogP contribution in [-0.2, 0) is 9.45 Å². The molecule has 1 atom stereocenters. The number of carbonyl (C=O) groups is 1. The Hall–Kier alpha value is -2.31. The van der Waals surface area contributed by atoms with Crippen LogP contribution in [0.1, 0.15) is 18.1 Å². The number of aliphatic carboxylic acids is 1. The third-order valence-electron chi connectivity index (χ3n) is 3.30. The number of para-hydroxylation sites is 1. The summed E-state index contributed by atoms with van der Waals surface area (Å²) in [5.74, 6) is 0.288. The van der Waals surface area contributed by atoms with Crippen molar-refractivity contribution in [3.8, 4) is 11.5 Å². The van der Waals surface area contributed by atoms with Crippen molar-refractivity contribution in [2.75, 3.05) is 0 Å². The van der Waals surface area contributed by atoms with Gasteiger partial charge in [-0.25, -0.2) is 0 Å². The summed E-state index contributed by atoms with van der Waals surface area (Å²) in [5, 5.41) is 18.7. The van der Waals surface area contributed by atoms with Crippen LogP contribution in [0.25, 0.3) is 0 Å². The molecular formula is C15H13BO5. The highest BCUT2D eigenvalue weighted by Crippen LogP contribution is 2.30. The summed E-state index contributed by atoms with van der Waals surface area (Å²) in [6.45, 7) is 0. The highest BCUT2D eigenvalue weighted by atomic mass is 16.5. The van der Waals surface area contributed by atoms with Crippen molar-refractivity contribution in [2.24, 2.45) is 0 Å². The Labute approximate surface area is 121 Å². The van der Waals surface area contributed by atoms with Crippen molar-refractivity contribution in [2.45, 2.75) is 12.5 Å². The minimum absolute atomic E-state index is 0.178. The van der Waals surface area contributed by atoms with Crippen LogP contribution in [0.2, 0.25) is 0 Å². The van der Waals surface area contributed by atoms with Gasteiger partial charge in [0.2, 0.25) is 0 Å². The maximum atomic E-state index is 10.8. The van der Waals surface area contributed by atoms with Gasteiger partial charge in [-0.05, 0) is 35.3 Å². The Morgan fingerprint density at radius 2 is 1.95 bits per heavy atom. The van der Waals surface area contributed by atoms with Crippen molar-refractivity contribution in [1.82, 2.24) is 0 Å². The van der Waals surface area contributed by atoms with Crippen LogP contribution >= 0.6 is 0 Å². The molecule has 0 bridgehead atoms. The lowest BCUT2D eigenvalue weighted by Gasteiger charge is -2.10. The van der Waals surface area contributed by atoms with Crippen molar-refractivity contribution < 1.29 is 24.3 Å². The Kier molecular flexibility index (Phi) is 3.64. The average Bonchev–Trinajstić information content (AvgIpc) is 2.75. The largest absolute Gasteiger partial charge is 0.492 e. The second-order valence-corrected chi connectivity index (χ2v) is 4.78. The lowest BCUT2D eigenvalue weighted by Crippen LogP contribution is -2.28. The average molecular weight is 284 g/mol. The van der Waals surface area contributed by atoms with Gasteiger partial charge in [0.25, 0.3) is 0 Å². The molecule has 0 aromatic heterocycles. The zero-order valence-electron chi connectivity index (χ0n) is 11.1. The first-order chi connectivity index (χ1) is 10.1. The molecule has 0 amide bonds. The van der Waals surface area contributed by atoms with Crippen LogP contribution < -0.4 is 10.2 Å². The summed E-state index contributed by atoms with van der Waals surface area (Å²) in [5.41, 5.74) is 1.24. The molecule has 1 aliphatic rings. The van der Waals surface area contributed by atoms with Crippen LogP contribution in [0.4, 0.5) is 0 Å². The Morgan fingerprint density at radius 1 is 1.19 bits per heavy atom. The third-order valence-corrected chi connectivity index (χ3v) is 3.30. The quantitative estimate of drug-likeness (QED) is 0.836. The highest BCUT2D eigenvalue weighted by Gasteiger charge is 2.36. The van der Waals surface area contributed by atoms with E-state index in [0.717, 1.165) is 0 Å². The topological polar surface area (TPSA) is 76.0 Å². The van der Waals surface area contributed by atoms with Crippen LogP contribution in [-0.4, -0.2) is 23.2 Å². The summed E-state index contributed by atoms with van der Waals surface area (Å²) < 4.78 is 11.0. The van der Waals surface area contributed by atoms with E-state index in [1.54, 1.807) is 18.2 Å². The van der Waals surface area contributed by atoms with E-state index in [-0.39, 0.29) is 6.42 Å². The maximum absolute atomic E-state index is 10.8. The van der Waals surface area contributed by atoms with Gasteiger partial charge in [0, 0.05) is 0 Å². The Morgan fingerprint density at radius 3 is 2.67 bits per heavy atom. The molecule has 2 aromatic carbocycles. The molecule has 1 aliphatic heterocycles. The van der Waals surface area contributed by atoms with Gasteiger partial charge in [-0.15, -0.1) is 0 Å². The second-order valence-electron chi connectivity index (χ2n) is 4.78. The van der Waals surface area contributed by atoms with Crippen LogP contribution in [0, 0.1) is 0 Å². The second kappa shape index (κ2) is 5.59. The van der Waals surface area contributed by atoms with E-state index in [4.69, 9.17) is 14.5 Å². The molecule has 0 saturated carbocycles. The van der Waals surface area contributed by atoms with E-state index in [9.17, 15) is 9.82 Å². The van der Waals surface area contributed by atoms with Gasteiger partial charge < -0.3 is 19.5 Å². The van der Waals surface area contributed by atoms with E-state index in [2.05, 4.69) is 0 Å². The summed E-state index contributed by atoms with van der Waals surface area (Å²) in [6.07, 6.45) is -0.804. The molecule has 106 valence electrons. The van der Waals surface area contributed by atoms with E-state index >= 15 is 0 Å². The summed E-state index contributed by atoms with van der Waals surface area (Å²) in [4.78, 5) is 10.8. The zero-order valence-corrected chi connectivity index (χ0v) is 11.1. The predicted octanol–water partition coefficient (Wildman–Crippen LogP) is 1.71. The molecule has 5 nitrogen and oxygen atoms in total. The fraction of sp³-hybridized carbons (Fsp3) is 0.133. The van der Waals surface area contributed by atoms with E-state index in [1.807, 2.05) is 30.3 Å². The lowest BCUT2D eigenvalue weighted by atomic mass is 9.79. The summed E-state index contributed by atoms with van der Waals surface area (Å²) in [7, 11) is -1.12. The van der Waals surface area contributed by atoms with Gasteiger partial charge in [0.1, 0.15) is 11.5 Å². The van der Waals surface area contributed by atoms with Crippen LogP contribution in [0.3, 0.4) is 0 Å². The number of rotatable bonds is 4. The number of fused-ring (bicyclic) bond motifs is 1. The highest BCUT2D eigenvalue weighted by molar-refractivity contribution is 6.61. The van der Waals surface area contributed by atoms with Crippen LogP contribution in [0.5, 0.6) is 11.5 Å². The van der Waals surface area contributed by atoms with Gasteiger partial charge in [-0.2, -0.15) is 0 Å². The molecule has 0 saturated heterocycles. The minimum atomic E-state index is -1.12. The number of ether oxygens (including phenoxy) is 1. The summed E-state index contributed by atoms with van der Waals surface area (Å²) >= 11 is 0. The number of carboxylic acids is 1. The fourth-order valence-corrected chi connectivity index (χ4v) is 2.37. The molecule has 3 rings (SSSR count). The number of carboxylic acid groups (broad SMARTS) is 1. The van der Waals surface area contributed by atoms with Gasteiger partial charge in [0.15, 0.2) is 0 Å². The first-order valence-electron chi connectivity index (χ1n) is 6.55. The lowest BCUT2D eigenvalue weighted by molar-refractivity contribution is -0.138. The van der Waals surface area contributed by atoms with Gasteiger partial charge in [-0.3, -0.25) is 4.79 Å². The normalized spacial score (nSPS) is 16.6. The molecule has 21 heavy (non-hydrogen) atoms. The molecule has 1 heterocycles. The fourth-order valence-electron chi connectivity index (χ4n) is 2.37. The number of benzene rings is 2. The SMILES string of the molecule is O=C(O)C[C@@H]1OB(O)c2cc(Oc3ccccc3)ccc21. The van der Waals surface area contributed by atoms with Gasteiger partial charge in [-0.1, -0.05) is 24.3 Å². The molecule has 0 fully saturated rings. The van der Waals surface area contributed by atoms with E-state index in [0.29, 0.717) is 22.5 Å². The first-order valence-corrected chi connectivity index (χ1v) is 6.55. The van der Waals surface area contributed by atoms with Crippen LogP contribution in [0.15, 0.2) is 48.5 Å². The monoisotopic (exact) mass is 284 g/mol. The van der Waals surface area contributed by atoms with Crippen molar-refractivity contribution in [3.05, 3.63) is 54.1 Å². The Balaban J connectivity index is 1.85. The molecule has 2 N–H and O–H groups in total. The van der Waals surface area contributed by atoms with E-state index in [1.165, 1.54) is 0 Å².